The molecule has 3 aromatic heterocycles. The zero-order valence-electron chi connectivity index (χ0n) is 16.9. The molecule has 10 heteroatoms. The number of rotatable bonds is 6. The van der Waals surface area contributed by atoms with E-state index in [1.165, 1.54) is 0 Å². The number of pyridine rings is 2. The molecule has 0 spiro atoms. The molecule has 0 aliphatic rings. The van der Waals surface area contributed by atoms with Gasteiger partial charge >= 0.3 is 0 Å². The maximum Gasteiger partial charge on any atom is 0.226 e. The van der Waals surface area contributed by atoms with E-state index in [0.717, 1.165) is 26.5 Å². The highest BCUT2D eigenvalue weighted by atomic mass is 79.9. The van der Waals surface area contributed by atoms with Crippen molar-refractivity contribution in [1.29, 1.82) is 0 Å². The number of aryl methyl sites for hydroxylation is 2. The fraction of sp³-hybridized carbons (Fsp3) is 0.190. The number of hydrogen-bond donors (Lipinski definition) is 3. The molecule has 4 N–H and O–H groups in total. The Morgan fingerprint density at radius 1 is 1.19 bits per heavy atom. The smallest absolute Gasteiger partial charge is 0.226 e. The first-order valence-electron chi connectivity index (χ1n) is 9.56. The number of amides is 1. The maximum absolute atomic E-state index is 12.4. The lowest BCUT2D eigenvalue weighted by Crippen LogP contribution is -2.18. The zero-order valence-corrected chi connectivity index (χ0v) is 18.5. The molecule has 0 saturated carbocycles. The van der Waals surface area contributed by atoms with Crippen LogP contribution < -0.4 is 16.4 Å². The molecule has 158 valence electrons. The Morgan fingerprint density at radius 3 is 2.81 bits per heavy atom. The molecule has 1 aromatic carbocycles. The van der Waals surface area contributed by atoms with Gasteiger partial charge in [-0.25, -0.2) is 9.97 Å². The number of nitrogens with two attached hydrogens (primary N) is 1. The number of nitrogens with zero attached hydrogens (tertiary/aromatic N) is 4. The third kappa shape index (κ3) is 4.64. The third-order valence-electron chi connectivity index (χ3n) is 4.65. The minimum absolute atomic E-state index is 0.181. The van der Waals surface area contributed by atoms with E-state index >= 15 is 0 Å². The molecule has 4 aromatic rings. The standard InChI is InChI=1S/C21H20BrN7O2/c1-11-16(22)10-17(19(23)26-11)28-18(30)6-8-25-21-15-9-14(20-27-12(2)31-29-20)4-3-13(15)5-7-24-21/h3-5,7,9-10H,6,8H2,1-2H3,(H2,23,26)(H,24,25)(H,28,30). The number of anilines is 3. The van der Waals surface area contributed by atoms with Crippen LogP contribution in [0.1, 0.15) is 18.0 Å². The van der Waals surface area contributed by atoms with Gasteiger partial charge in [0.2, 0.25) is 17.6 Å². The summed E-state index contributed by atoms with van der Waals surface area (Å²) in [6.45, 7) is 3.97. The van der Waals surface area contributed by atoms with Gasteiger partial charge in [0.05, 0.1) is 11.4 Å². The molecule has 0 atom stereocenters. The predicted octanol–water partition coefficient (Wildman–Crippen LogP) is 4.08. The van der Waals surface area contributed by atoms with Gasteiger partial charge < -0.3 is 20.9 Å². The van der Waals surface area contributed by atoms with Gasteiger partial charge in [-0.15, -0.1) is 0 Å². The second kappa shape index (κ2) is 8.68. The van der Waals surface area contributed by atoms with E-state index in [9.17, 15) is 4.79 Å². The van der Waals surface area contributed by atoms with E-state index in [-0.39, 0.29) is 18.1 Å². The third-order valence-corrected chi connectivity index (χ3v) is 5.45. The molecule has 0 saturated heterocycles. The normalized spacial score (nSPS) is 10.9. The van der Waals surface area contributed by atoms with E-state index in [2.05, 4.69) is 46.7 Å². The van der Waals surface area contributed by atoms with Gasteiger partial charge in [-0.05, 0) is 46.4 Å². The summed E-state index contributed by atoms with van der Waals surface area (Å²) in [7, 11) is 0. The lowest BCUT2D eigenvalue weighted by atomic mass is 10.1. The fourth-order valence-corrected chi connectivity index (χ4v) is 3.39. The molecule has 0 fully saturated rings. The largest absolute Gasteiger partial charge is 0.382 e. The van der Waals surface area contributed by atoms with Crippen molar-refractivity contribution < 1.29 is 9.32 Å². The monoisotopic (exact) mass is 481 g/mol. The van der Waals surface area contributed by atoms with Gasteiger partial charge in [-0.2, -0.15) is 4.98 Å². The Hall–Kier alpha value is -3.53. The minimum atomic E-state index is -0.181. The first-order chi connectivity index (χ1) is 14.9. The van der Waals surface area contributed by atoms with Crippen molar-refractivity contribution in [2.75, 3.05) is 22.9 Å². The van der Waals surface area contributed by atoms with Crippen LogP contribution >= 0.6 is 15.9 Å². The lowest BCUT2D eigenvalue weighted by Gasteiger charge is -2.11. The second-order valence-corrected chi connectivity index (χ2v) is 7.80. The summed E-state index contributed by atoms with van der Waals surface area (Å²) in [6, 6.07) is 9.52. The van der Waals surface area contributed by atoms with Crippen LogP contribution in [0.25, 0.3) is 22.2 Å². The van der Waals surface area contributed by atoms with E-state index < -0.39 is 0 Å². The van der Waals surface area contributed by atoms with Crippen molar-refractivity contribution in [3.05, 3.63) is 52.6 Å². The van der Waals surface area contributed by atoms with E-state index in [1.807, 2.05) is 31.2 Å². The number of carbonyl (C=O) groups is 1. The van der Waals surface area contributed by atoms with Gasteiger partial charge in [0, 0.05) is 41.5 Å². The topological polar surface area (TPSA) is 132 Å². The van der Waals surface area contributed by atoms with Crippen molar-refractivity contribution in [3.63, 3.8) is 0 Å². The second-order valence-electron chi connectivity index (χ2n) is 6.95. The average molecular weight is 482 g/mol. The number of hydrogen-bond acceptors (Lipinski definition) is 8. The molecular weight excluding hydrogens is 462 g/mol. The molecule has 0 aliphatic carbocycles. The van der Waals surface area contributed by atoms with Crippen molar-refractivity contribution in [1.82, 2.24) is 20.1 Å². The number of benzene rings is 1. The summed E-state index contributed by atoms with van der Waals surface area (Å²) < 4.78 is 5.85. The highest BCUT2D eigenvalue weighted by molar-refractivity contribution is 9.10. The minimum Gasteiger partial charge on any atom is -0.382 e. The van der Waals surface area contributed by atoms with Gasteiger partial charge in [-0.1, -0.05) is 17.3 Å². The van der Waals surface area contributed by atoms with Crippen molar-refractivity contribution in [2.24, 2.45) is 0 Å². The zero-order chi connectivity index (χ0) is 22.0. The van der Waals surface area contributed by atoms with Gasteiger partial charge in [-0.3, -0.25) is 4.79 Å². The van der Waals surface area contributed by atoms with Crippen LogP contribution in [0.15, 0.2) is 45.5 Å². The summed E-state index contributed by atoms with van der Waals surface area (Å²) in [5.41, 5.74) is 7.96. The highest BCUT2D eigenvalue weighted by Gasteiger charge is 2.11. The van der Waals surface area contributed by atoms with Crippen molar-refractivity contribution >= 4 is 49.9 Å². The number of halogens is 1. The van der Waals surface area contributed by atoms with Crippen molar-refractivity contribution in [2.45, 2.75) is 20.3 Å². The summed E-state index contributed by atoms with van der Waals surface area (Å²) in [5, 5.41) is 11.9. The Morgan fingerprint density at radius 2 is 2.03 bits per heavy atom. The van der Waals surface area contributed by atoms with E-state index in [1.54, 1.807) is 19.2 Å². The van der Waals surface area contributed by atoms with Crippen LogP contribution in [-0.2, 0) is 4.79 Å². The molecule has 31 heavy (non-hydrogen) atoms. The molecule has 0 bridgehead atoms. The van der Waals surface area contributed by atoms with Gasteiger partial charge in [0.25, 0.3) is 0 Å². The van der Waals surface area contributed by atoms with Gasteiger partial charge in [0.1, 0.15) is 11.6 Å². The quantitative estimate of drug-likeness (QED) is 0.375. The number of nitrogen functional groups attached to an aromatic ring is 1. The molecule has 0 aliphatic heterocycles. The van der Waals surface area contributed by atoms with Crippen LogP contribution in [0.2, 0.25) is 0 Å². The molecule has 4 rings (SSSR count). The summed E-state index contributed by atoms with van der Waals surface area (Å²) in [5.74, 6) is 1.79. The molecule has 9 nitrogen and oxygen atoms in total. The fourth-order valence-electron chi connectivity index (χ4n) is 3.07. The Labute approximate surface area is 186 Å². The Balaban J connectivity index is 1.45. The Bertz CT molecular complexity index is 1270. The number of carbonyl (C=O) groups excluding carboxylic acids is 1. The molecular formula is C21H20BrN7O2. The number of fused-ring (bicyclic) bond motifs is 1. The lowest BCUT2D eigenvalue weighted by molar-refractivity contribution is -0.115. The average Bonchev–Trinajstić information content (AvgIpc) is 3.18. The maximum atomic E-state index is 12.4. The van der Waals surface area contributed by atoms with Crippen molar-refractivity contribution in [3.8, 4) is 11.4 Å². The molecule has 0 unspecified atom stereocenters. The SMILES string of the molecule is Cc1nc(-c2ccc3ccnc(NCCC(=O)Nc4cc(Br)c(C)nc4N)c3c2)no1. The van der Waals surface area contributed by atoms with E-state index in [0.29, 0.717) is 29.8 Å². The van der Waals surface area contributed by atoms with Crippen LogP contribution in [0, 0.1) is 13.8 Å². The molecule has 3 heterocycles. The highest BCUT2D eigenvalue weighted by Crippen LogP contribution is 2.27. The number of nitrogens with one attached hydrogen (secondary N) is 2. The summed E-state index contributed by atoms with van der Waals surface area (Å²) >= 11 is 3.40. The van der Waals surface area contributed by atoms with Crippen LogP contribution in [-0.4, -0.2) is 32.6 Å². The van der Waals surface area contributed by atoms with Crippen LogP contribution in [0.5, 0.6) is 0 Å². The van der Waals surface area contributed by atoms with Crippen LogP contribution in [0.3, 0.4) is 0 Å². The van der Waals surface area contributed by atoms with E-state index in [4.69, 9.17) is 10.3 Å². The van der Waals surface area contributed by atoms with Crippen LogP contribution in [0.4, 0.5) is 17.3 Å². The van der Waals surface area contributed by atoms with Gasteiger partial charge in [0.15, 0.2) is 0 Å². The molecule has 1 amide bonds. The summed E-state index contributed by atoms with van der Waals surface area (Å²) in [6.07, 6.45) is 1.95. The molecule has 0 radical (unpaired) electrons. The Kier molecular flexibility index (Phi) is 5.81. The summed E-state index contributed by atoms with van der Waals surface area (Å²) in [4.78, 5) is 25.2. The first-order valence-corrected chi connectivity index (χ1v) is 10.4. The first kappa shape index (κ1) is 20.7. The number of aromatic nitrogens is 4. The predicted molar refractivity (Wildman–Crippen MR) is 123 cm³/mol.